The first kappa shape index (κ1) is 35.1. The van der Waals surface area contributed by atoms with Crippen molar-refractivity contribution in [3.05, 3.63) is 132 Å². The van der Waals surface area contributed by atoms with E-state index in [-0.39, 0.29) is 11.2 Å². The molecule has 0 nitrogen and oxygen atoms in total. The Morgan fingerprint density at radius 3 is 2.00 bits per heavy atom. The third-order valence-corrected chi connectivity index (χ3v) is 7.84. The lowest BCUT2D eigenvalue weighted by Gasteiger charge is -2.42. The van der Waals surface area contributed by atoms with Crippen LogP contribution < -0.4 is 0 Å². The minimum Gasteiger partial charge on any atom is -0.207 e. The molecule has 0 aliphatic heterocycles. The fourth-order valence-electron chi connectivity index (χ4n) is 5.18. The van der Waals surface area contributed by atoms with E-state index in [2.05, 4.69) is 110 Å². The van der Waals surface area contributed by atoms with E-state index in [0.717, 1.165) is 19.3 Å². The molecule has 1 atom stereocenters. The molecule has 0 saturated heterocycles. The molecule has 0 radical (unpaired) electrons. The average Bonchev–Trinajstić information content (AvgIpc) is 3.17. The molecule has 208 valence electrons. The summed E-state index contributed by atoms with van der Waals surface area (Å²) in [7, 11) is 0. The van der Waals surface area contributed by atoms with Crippen molar-refractivity contribution in [2.45, 2.75) is 87.5 Å². The van der Waals surface area contributed by atoms with E-state index in [1.807, 2.05) is 26.0 Å². The summed E-state index contributed by atoms with van der Waals surface area (Å²) in [5.74, 6) is -0.163. The maximum Gasteiger partial charge on any atom is 0.123 e. The molecule has 38 heavy (non-hydrogen) atoms. The van der Waals surface area contributed by atoms with Crippen LogP contribution in [-0.4, -0.2) is 0 Å². The maximum absolute atomic E-state index is 13.1. The molecule has 1 saturated carbocycles. The van der Waals surface area contributed by atoms with Crippen molar-refractivity contribution in [1.29, 1.82) is 0 Å². The molecule has 0 heterocycles. The van der Waals surface area contributed by atoms with Crippen LogP contribution in [0.4, 0.5) is 4.39 Å². The highest BCUT2D eigenvalue weighted by Gasteiger charge is 2.49. The minimum absolute atomic E-state index is 0.163. The summed E-state index contributed by atoms with van der Waals surface area (Å²) in [5, 5.41) is 0. The first-order chi connectivity index (χ1) is 18.2. The van der Waals surface area contributed by atoms with Crippen molar-refractivity contribution in [2.75, 3.05) is 0 Å². The quantitative estimate of drug-likeness (QED) is 0.354. The molecule has 0 aromatic heterocycles. The van der Waals surface area contributed by atoms with Crippen LogP contribution in [0.5, 0.6) is 0 Å². The van der Waals surface area contributed by atoms with Gasteiger partial charge >= 0.3 is 0 Å². The Kier molecular flexibility index (Phi) is 16.2. The molecular weight excluding hydrogens is 463 g/mol. The third kappa shape index (κ3) is 9.12. The average molecular weight is 517 g/mol. The minimum atomic E-state index is -0.163. The fraction of sp³-hybridized carbons (Fsp3) is 0.405. The van der Waals surface area contributed by atoms with Gasteiger partial charge in [0.25, 0.3) is 0 Å². The second-order valence-electron chi connectivity index (χ2n) is 10.2. The Morgan fingerprint density at radius 1 is 0.921 bits per heavy atom. The Bertz CT molecular complexity index is 1050. The zero-order valence-electron chi connectivity index (χ0n) is 25.6. The summed E-state index contributed by atoms with van der Waals surface area (Å²) in [6, 6.07) is 15.4. The van der Waals surface area contributed by atoms with Crippen LogP contribution >= 0.6 is 0 Å². The van der Waals surface area contributed by atoms with Gasteiger partial charge in [0.15, 0.2) is 0 Å². The van der Waals surface area contributed by atoms with Crippen LogP contribution in [0.15, 0.2) is 110 Å². The van der Waals surface area contributed by atoms with E-state index in [4.69, 9.17) is 0 Å². The van der Waals surface area contributed by atoms with E-state index in [1.54, 1.807) is 17.7 Å². The lowest BCUT2D eigenvalue weighted by atomic mass is 9.62. The zero-order valence-corrected chi connectivity index (χ0v) is 25.6. The molecule has 1 heteroatoms. The number of allylic oxidation sites excluding steroid dienone is 6. The van der Waals surface area contributed by atoms with E-state index in [1.165, 1.54) is 40.7 Å². The van der Waals surface area contributed by atoms with Crippen molar-refractivity contribution in [3.63, 3.8) is 0 Å². The molecule has 0 N–H and O–H groups in total. The zero-order chi connectivity index (χ0) is 29.4. The Balaban J connectivity index is 0.000000762. The Morgan fingerprint density at radius 2 is 1.50 bits per heavy atom. The smallest absolute Gasteiger partial charge is 0.123 e. The van der Waals surface area contributed by atoms with Gasteiger partial charge in [0.05, 0.1) is 0 Å². The highest BCUT2D eigenvalue weighted by atomic mass is 19.1. The molecule has 0 spiro atoms. The van der Waals surface area contributed by atoms with Gasteiger partial charge in [0.2, 0.25) is 0 Å². The van der Waals surface area contributed by atoms with Gasteiger partial charge in [-0.25, -0.2) is 4.39 Å². The van der Waals surface area contributed by atoms with Crippen LogP contribution in [0.2, 0.25) is 0 Å². The van der Waals surface area contributed by atoms with E-state index < -0.39 is 0 Å². The summed E-state index contributed by atoms with van der Waals surface area (Å²) in [4.78, 5) is 0. The molecule has 2 aromatic carbocycles. The third-order valence-electron chi connectivity index (χ3n) is 7.84. The molecule has 0 bridgehead atoms. The van der Waals surface area contributed by atoms with Crippen LogP contribution in [-0.2, 0) is 12.8 Å². The van der Waals surface area contributed by atoms with Crippen molar-refractivity contribution in [1.82, 2.24) is 0 Å². The molecule has 2 aliphatic carbocycles. The number of rotatable bonds is 4. The number of benzene rings is 2. The lowest BCUT2D eigenvalue weighted by molar-refractivity contribution is 0.164. The highest BCUT2D eigenvalue weighted by Crippen LogP contribution is 2.60. The molecule has 2 aliphatic rings. The standard InChI is InChI=1S/C22H27F.C9H12.C2H6.2C2H4/c1-5-6-17-15-22(4)19(11-12-21(22,2)3)14-18(17)13-16-7-9-20(23)10-8-16;1-3-9-7-5-4-6-8(9)2;3*1-2/h5-10,14H,11-13,15H2,1-4H3;4-7H,3H2,1-2H3;1-2H3;2*1-2H2/b6-5-;;;;. The van der Waals surface area contributed by atoms with Gasteiger partial charge < -0.3 is 0 Å². The Labute approximate surface area is 234 Å². The van der Waals surface area contributed by atoms with E-state index >= 15 is 0 Å². The maximum atomic E-state index is 13.1. The van der Waals surface area contributed by atoms with Gasteiger partial charge in [-0.1, -0.05) is 102 Å². The topological polar surface area (TPSA) is 0 Å². The van der Waals surface area contributed by atoms with Gasteiger partial charge in [-0.05, 0) is 96.8 Å². The Hall–Kier alpha value is -2.93. The van der Waals surface area contributed by atoms with Gasteiger partial charge in [-0.2, -0.15) is 0 Å². The van der Waals surface area contributed by atoms with Crippen LogP contribution in [0.1, 0.15) is 84.4 Å². The second kappa shape index (κ2) is 17.6. The molecule has 4 rings (SSSR count). The second-order valence-corrected chi connectivity index (χ2v) is 10.2. The predicted octanol–water partition coefficient (Wildman–Crippen LogP) is 11.6. The van der Waals surface area contributed by atoms with Crippen LogP contribution in [0, 0.1) is 23.6 Å². The normalized spacial score (nSPS) is 18.7. The number of fused-ring (bicyclic) bond motifs is 1. The largest absolute Gasteiger partial charge is 0.207 e. The van der Waals surface area contributed by atoms with Crippen molar-refractivity contribution in [2.24, 2.45) is 10.8 Å². The molecule has 0 amide bonds. The summed E-state index contributed by atoms with van der Waals surface area (Å²) in [6.07, 6.45) is 12.5. The van der Waals surface area contributed by atoms with Crippen LogP contribution in [0.3, 0.4) is 0 Å². The van der Waals surface area contributed by atoms with Gasteiger partial charge in [0, 0.05) is 0 Å². The van der Waals surface area contributed by atoms with Crippen molar-refractivity contribution >= 4 is 0 Å². The predicted molar refractivity (Wildman–Crippen MR) is 170 cm³/mol. The van der Waals surface area contributed by atoms with Crippen LogP contribution in [0.25, 0.3) is 0 Å². The number of aryl methyl sites for hydroxylation is 2. The van der Waals surface area contributed by atoms with E-state index in [9.17, 15) is 4.39 Å². The van der Waals surface area contributed by atoms with Crippen molar-refractivity contribution in [3.8, 4) is 0 Å². The van der Waals surface area contributed by atoms with Crippen molar-refractivity contribution < 1.29 is 4.39 Å². The monoisotopic (exact) mass is 516 g/mol. The fourth-order valence-corrected chi connectivity index (χ4v) is 5.18. The lowest BCUT2D eigenvalue weighted by Crippen LogP contribution is -2.33. The first-order valence-corrected chi connectivity index (χ1v) is 14.0. The molecule has 2 aromatic rings. The summed E-state index contributed by atoms with van der Waals surface area (Å²) >= 11 is 0. The summed E-state index contributed by atoms with van der Waals surface area (Å²) in [5.41, 5.74) is 9.12. The summed E-state index contributed by atoms with van der Waals surface area (Å²) in [6.45, 7) is 29.7. The molecule has 1 fully saturated rings. The molecular formula is C37H53F. The highest BCUT2D eigenvalue weighted by molar-refractivity contribution is 5.47. The van der Waals surface area contributed by atoms with Gasteiger partial charge in [-0.15, -0.1) is 26.3 Å². The van der Waals surface area contributed by atoms with Gasteiger partial charge in [0.1, 0.15) is 5.82 Å². The molecule has 1 unspecified atom stereocenters. The van der Waals surface area contributed by atoms with E-state index in [0.29, 0.717) is 5.41 Å². The van der Waals surface area contributed by atoms with Gasteiger partial charge in [-0.3, -0.25) is 0 Å². The number of hydrogen-bond donors (Lipinski definition) is 0. The first-order valence-electron chi connectivity index (χ1n) is 14.0. The summed E-state index contributed by atoms with van der Waals surface area (Å²) < 4.78 is 13.1. The SMILES string of the molecule is C/C=C\C1=C(Cc2ccc(F)cc2)C=C2CCC(C)(C)C2(C)C1.C=C.C=C.CC.CCc1ccccc1C. The number of halogens is 1. The number of hydrogen-bond acceptors (Lipinski definition) is 0.